The summed E-state index contributed by atoms with van der Waals surface area (Å²) in [6.45, 7) is 3.88. The first kappa shape index (κ1) is 18.2. The van der Waals surface area contributed by atoms with Crippen molar-refractivity contribution in [3.8, 4) is 0 Å². The van der Waals surface area contributed by atoms with Crippen molar-refractivity contribution in [3.05, 3.63) is 59.2 Å². The molecule has 2 amide bonds. The van der Waals surface area contributed by atoms with Crippen molar-refractivity contribution in [1.82, 2.24) is 0 Å². The smallest absolute Gasteiger partial charge is 0.337 e. The summed E-state index contributed by atoms with van der Waals surface area (Å²) in [6.07, 6.45) is -0.300. The number of benzene rings is 2. The van der Waals surface area contributed by atoms with Crippen LogP contribution in [0.1, 0.15) is 27.9 Å². The molecule has 0 saturated carbocycles. The quantitative estimate of drug-likeness (QED) is 0.647. The number of rotatable bonds is 5. The van der Waals surface area contributed by atoms with Crippen molar-refractivity contribution in [1.29, 1.82) is 0 Å². The van der Waals surface area contributed by atoms with Crippen molar-refractivity contribution in [2.75, 3.05) is 17.7 Å². The summed E-state index contributed by atoms with van der Waals surface area (Å²) in [5.74, 6) is -1.29. The summed E-state index contributed by atoms with van der Waals surface area (Å²) in [4.78, 5) is 35.3. The number of ether oxygens (including phenoxy) is 1. The fourth-order valence-corrected chi connectivity index (χ4v) is 2.41. The van der Waals surface area contributed by atoms with Gasteiger partial charge in [0.1, 0.15) is 6.42 Å². The topological polar surface area (TPSA) is 84.5 Å². The van der Waals surface area contributed by atoms with Crippen LogP contribution >= 0.6 is 0 Å². The zero-order valence-electron chi connectivity index (χ0n) is 14.4. The van der Waals surface area contributed by atoms with Crippen LogP contribution in [0, 0.1) is 13.8 Å². The standard InChI is InChI=1S/C19H20N2O4/c1-12-8-13(2)10-16(9-12)21-18(23)11-17(22)20-15-6-4-14(5-7-15)19(24)25-3/h4-10H,11H2,1-3H3,(H,20,22)(H,21,23). The summed E-state index contributed by atoms with van der Waals surface area (Å²) in [5, 5.41) is 5.32. The van der Waals surface area contributed by atoms with Crippen LogP contribution in [-0.2, 0) is 14.3 Å². The van der Waals surface area contributed by atoms with Crippen molar-refractivity contribution in [2.45, 2.75) is 20.3 Å². The Morgan fingerprint density at radius 2 is 1.36 bits per heavy atom. The van der Waals surface area contributed by atoms with Crippen LogP contribution in [0.15, 0.2) is 42.5 Å². The van der Waals surface area contributed by atoms with Gasteiger partial charge in [0.2, 0.25) is 11.8 Å². The van der Waals surface area contributed by atoms with Crippen molar-refractivity contribution < 1.29 is 19.1 Å². The Morgan fingerprint density at radius 1 is 0.840 bits per heavy atom. The monoisotopic (exact) mass is 340 g/mol. The average molecular weight is 340 g/mol. The molecule has 2 N–H and O–H groups in total. The van der Waals surface area contributed by atoms with E-state index in [9.17, 15) is 14.4 Å². The number of hydrogen-bond donors (Lipinski definition) is 2. The Labute approximate surface area is 146 Å². The van der Waals surface area contributed by atoms with Crippen molar-refractivity contribution in [3.63, 3.8) is 0 Å². The second-order valence-corrected chi connectivity index (χ2v) is 5.72. The molecule has 0 unspecified atom stereocenters. The number of methoxy groups -OCH3 is 1. The molecule has 2 aromatic rings. The minimum Gasteiger partial charge on any atom is -0.465 e. The number of carbonyl (C=O) groups excluding carboxylic acids is 3. The van der Waals surface area contributed by atoms with Crippen LogP contribution in [0.5, 0.6) is 0 Å². The third-order valence-electron chi connectivity index (χ3n) is 3.42. The Bertz CT molecular complexity index is 777. The second kappa shape index (κ2) is 8.10. The first-order chi connectivity index (χ1) is 11.9. The lowest BCUT2D eigenvalue weighted by Crippen LogP contribution is -2.21. The van der Waals surface area contributed by atoms with Crippen LogP contribution in [0.25, 0.3) is 0 Å². The number of carbonyl (C=O) groups is 3. The molecule has 130 valence electrons. The zero-order chi connectivity index (χ0) is 18.4. The number of esters is 1. The normalized spacial score (nSPS) is 10.0. The Balaban J connectivity index is 1.91. The molecule has 0 saturated heterocycles. The third kappa shape index (κ3) is 5.46. The fraction of sp³-hybridized carbons (Fsp3) is 0.211. The van der Waals surface area contributed by atoms with Gasteiger partial charge in [0, 0.05) is 11.4 Å². The van der Waals surface area contributed by atoms with Crippen molar-refractivity contribution in [2.24, 2.45) is 0 Å². The number of aryl methyl sites for hydroxylation is 2. The van der Waals surface area contributed by atoms with E-state index in [4.69, 9.17) is 0 Å². The Hall–Kier alpha value is -3.15. The highest BCUT2D eigenvalue weighted by Crippen LogP contribution is 2.14. The van der Waals surface area contributed by atoms with E-state index in [0.717, 1.165) is 11.1 Å². The van der Waals surface area contributed by atoms with Gasteiger partial charge in [0.25, 0.3) is 0 Å². The average Bonchev–Trinajstić information content (AvgIpc) is 2.53. The molecule has 2 rings (SSSR count). The molecule has 0 aliphatic rings. The van der Waals surface area contributed by atoms with Crippen molar-refractivity contribution >= 4 is 29.2 Å². The molecule has 0 atom stereocenters. The van der Waals surface area contributed by atoms with Gasteiger partial charge in [-0.25, -0.2) is 4.79 Å². The fourth-order valence-electron chi connectivity index (χ4n) is 2.41. The third-order valence-corrected chi connectivity index (χ3v) is 3.42. The Morgan fingerprint density at radius 3 is 1.88 bits per heavy atom. The zero-order valence-corrected chi connectivity index (χ0v) is 14.4. The molecule has 0 heterocycles. The van der Waals surface area contributed by atoms with Crippen LogP contribution < -0.4 is 10.6 Å². The number of nitrogens with one attached hydrogen (secondary N) is 2. The van der Waals surface area contributed by atoms with Crippen LogP contribution in [-0.4, -0.2) is 24.9 Å². The van der Waals surface area contributed by atoms with Gasteiger partial charge in [-0.05, 0) is 61.4 Å². The van der Waals surface area contributed by atoms with E-state index in [0.29, 0.717) is 16.9 Å². The first-order valence-electron chi connectivity index (χ1n) is 7.74. The van der Waals surface area contributed by atoms with Crippen LogP contribution in [0.2, 0.25) is 0 Å². The molecule has 0 radical (unpaired) electrons. The first-order valence-corrected chi connectivity index (χ1v) is 7.74. The highest BCUT2D eigenvalue weighted by molar-refractivity contribution is 6.08. The number of anilines is 2. The molecule has 0 bridgehead atoms. The minimum atomic E-state index is -0.453. The van der Waals surface area contributed by atoms with E-state index in [1.807, 2.05) is 32.0 Å². The molecular weight excluding hydrogens is 320 g/mol. The van der Waals surface area contributed by atoms with Gasteiger partial charge >= 0.3 is 5.97 Å². The molecule has 0 aliphatic carbocycles. The molecule has 0 fully saturated rings. The molecule has 0 spiro atoms. The van der Waals surface area contributed by atoms with E-state index in [1.165, 1.54) is 19.2 Å². The lowest BCUT2D eigenvalue weighted by atomic mass is 10.1. The second-order valence-electron chi connectivity index (χ2n) is 5.72. The molecule has 0 aromatic heterocycles. The molecule has 25 heavy (non-hydrogen) atoms. The molecule has 6 nitrogen and oxygen atoms in total. The Kier molecular flexibility index (Phi) is 5.89. The van der Waals surface area contributed by atoms with Gasteiger partial charge < -0.3 is 15.4 Å². The summed E-state index contributed by atoms with van der Waals surface area (Å²) in [7, 11) is 1.30. The summed E-state index contributed by atoms with van der Waals surface area (Å²) >= 11 is 0. The molecular formula is C19H20N2O4. The SMILES string of the molecule is COC(=O)c1ccc(NC(=O)CC(=O)Nc2cc(C)cc(C)c2)cc1. The van der Waals surface area contributed by atoms with E-state index < -0.39 is 17.8 Å². The van der Waals surface area contributed by atoms with Crippen LogP contribution in [0.3, 0.4) is 0 Å². The highest BCUT2D eigenvalue weighted by Gasteiger charge is 2.11. The van der Waals surface area contributed by atoms with E-state index >= 15 is 0 Å². The summed E-state index contributed by atoms with van der Waals surface area (Å²) in [5.41, 5.74) is 3.61. The number of hydrogen-bond acceptors (Lipinski definition) is 4. The summed E-state index contributed by atoms with van der Waals surface area (Å²) in [6, 6.07) is 11.9. The van der Waals surface area contributed by atoms with Gasteiger partial charge in [-0.3, -0.25) is 9.59 Å². The van der Waals surface area contributed by atoms with Gasteiger partial charge in [-0.2, -0.15) is 0 Å². The van der Waals surface area contributed by atoms with E-state index in [-0.39, 0.29) is 6.42 Å². The molecule has 2 aromatic carbocycles. The van der Waals surface area contributed by atoms with Gasteiger partial charge in [0.15, 0.2) is 0 Å². The van der Waals surface area contributed by atoms with Crippen LogP contribution in [0.4, 0.5) is 11.4 Å². The lowest BCUT2D eigenvalue weighted by Gasteiger charge is -2.08. The highest BCUT2D eigenvalue weighted by atomic mass is 16.5. The predicted molar refractivity (Wildman–Crippen MR) is 95.6 cm³/mol. The predicted octanol–water partition coefficient (Wildman–Crippen LogP) is 3.06. The molecule has 0 aliphatic heterocycles. The van der Waals surface area contributed by atoms with E-state index in [1.54, 1.807) is 12.1 Å². The molecule has 6 heteroatoms. The van der Waals surface area contributed by atoms with Gasteiger partial charge in [-0.15, -0.1) is 0 Å². The number of amides is 2. The van der Waals surface area contributed by atoms with Gasteiger partial charge in [-0.1, -0.05) is 6.07 Å². The summed E-state index contributed by atoms with van der Waals surface area (Å²) < 4.78 is 4.60. The lowest BCUT2D eigenvalue weighted by molar-refractivity contribution is -0.123. The van der Waals surface area contributed by atoms with E-state index in [2.05, 4.69) is 15.4 Å². The minimum absolute atomic E-state index is 0.300. The van der Waals surface area contributed by atoms with Gasteiger partial charge in [0.05, 0.1) is 12.7 Å². The maximum Gasteiger partial charge on any atom is 0.337 e. The maximum atomic E-state index is 12.0. The largest absolute Gasteiger partial charge is 0.465 e. The maximum absolute atomic E-state index is 12.0.